The summed E-state index contributed by atoms with van der Waals surface area (Å²) in [6.07, 6.45) is 4.85. The Balaban J connectivity index is 1.44. The van der Waals surface area contributed by atoms with Crippen LogP contribution in [0.1, 0.15) is 36.2 Å². The minimum absolute atomic E-state index is 0.198. The van der Waals surface area contributed by atoms with Gasteiger partial charge in [0.15, 0.2) is 0 Å². The molecule has 2 N–H and O–H groups in total. The Morgan fingerprint density at radius 1 is 1.08 bits per heavy atom. The fourth-order valence-electron chi connectivity index (χ4n) is 4.05. The molecule has 2 aliphatic heterocycles. The molecule has 1 spiro atoms. The van der Waals surface area contributed by atoms with Gasteiger partial charge in [0.2, 0.25) is 0 Å². The first-order valence-corrected chi connectivity index (χ1v) is 10.9. The zero-order chi connectivity index (χ0) is 16.7. The van der Waals surface area contributed by atoms with Crippen LogP contribution in [0.3, 0.4) is 0 Å². The first-order chi connectivity index (χ1) is 11.5. The van der Waals surface area contributed by atoms with Gasteiger partial charge in [0.25, 0.3) is 5.91 Å². The quantitative estimate of drug-likeness (QED) is 0.845. The molecule has 1 aromatic heterocycles. The van der Waals surface area contributed by atoms with Crippen molar-refractivity contribution in [3.8, 4) is 0 Å². The van der Waals surface area contributed by atoms with Crippen molar-refractivity contribution >= 4 is 26.8 Å². The molecule has 0 unspecified atom stereocenters. The van der Waals surface area contributed by atoms with Gasteiger partial charge >= 0.3 is 0 Å². The van der Waals surface area contributed by atoms with Crippen molar-refractivity contribution in [3.63, 3.8) is 0 Å². The Hall–Kier alpha value is -1.56. The molecular formula is C18H22F2N2OS. The molecule has 2 saturated heterocycles. The molecule has 0 saturated carbocycles. The summed E-state index contributed by atoms with van der Waals surface area (Å²) in [4.78, 5) is 15.3. The molecular weight excluding hydrogens is 330 g/mol. The zero-order valence-electron chi connectivity index (χ0n) is 13.5. The Kier molecular flexibility index (Phi) is 4.03. The monoisotopic (exact) mass is 352 g/mol. The van der Waals surface area contributed by atoms with Crippen molar-refractivity contribution in [3.05, 3.63) is 35.5 Å². The molecule has 1 amide bonds. The first kappa shape index (κ1) is 15.9. The SMILES string of the molecule is O=C(NC1CCS2(CCCC2)CC1)c1cc2c(F)cc(F)cc2[nH]1. The zero-order valence-corrected chi connectivity index (χ0v) is 14.4. The average Bonchev–Trinajstić information content (AvgIpc) is 3.17. The third kappa shape index (κ3) is 2.92. The Labute approximate surface area is 141 Å². The van der Waals surface area contributed by atoms with Gasteiger partial charge in [0.1, 0.15) is 17.3 Å². The molecule has 2 aromatic rings. The number of hydrogen-bond acceptors (Lipinski definition) is 1. The number of H-pyrrole nitrogens is 1. The van der Waals surface area contributed by atoms with E-state index in [1.165, 1.54) is 48.0 Å². The van der Waals surface area contributed by atoms with Crippen LogP contribution in [0.5, 0.6) is 0 Å². The summed E-state index contributed by atoms with van der Waals surface area (Å²) >= 11 is 0. The van der Waals surface area contributed by atoms with Crippen LogP contribution in [-0.4, -0.2) is 39.9 Å². The molecule has 3 nitrogen and oxygen atoms in total. The van der Waals surface area contributed by atoms with E-state index < -0.39 is 11.6 Å². The Morgan fingerprint density at radius 3 is 2.50 bits per heavy atom. The van der Waals surface area contributed by atoms with Crippen LogP contribution in [0, 0.1) is 11.6 Å². The van der Waals surface area contributed by atoms with Crippen molar-refractivity contribution in [1.29, 1.82) is 0 Å². The summed E-state index contributed by atoms with van der Waals surface area (Å²) in [5.41, 5.74) is 0.610. The van der Waals surface area contributed by atoms with Crippen LogP contribution in [0.4, 0.5) is 8.78 Å². The number of halogens is 2. The lowest BCUT2D eigenvalue weighted by Crippen LogP contribution is -2.40. The fraction of sp³-hybridized carbons (Fsp3) is 0.500. The number of rotatable bonds is 2. The summed E-state index contributed by atoms with van der Waals surface area (Å²) in [6.45, 7) is 0. The summed E-state index contributed by atoms with van der Waals surface area (Å²) in [7, 11) is -0.377. The van der Waals surface area contributed by atoms with Gasteiger partial charge in [-0.25, -0.2) is 18.8 Å². The average molecular weight is 352 g/mol. The van der Waals surface area contributed by atoms with E-state index in [4.69, 9.17) is 0 Å². The number of carbonyl (C=O) groups excluding carboxylic acids is 1. The lowest BCUT2D eigenvalue weighted by molar-refractivity contribution is 0.0930. The maximum atomic E-state index is 13.8. The molecule has 4 rings (SSSR count). The number of carbonyl (C=O) groups is 1. The number of benzene rings is 1. The molecule has 24 heavy (non-hydrogen) atoms. The highest BCUT2D eigenvalue weighted by Gasteiger charge is 2.33. The van der Waals surface area contributed by atoms with E-state index in [1.54, 1.807) is 0 Å². The van der Waals surface area contributed by atoms with Gasteiger partial charge < -0.3 is 10.3 Å². The van der Waals surface area contributed by atoms with Crippen LogP contribution in [0.25, 0.3) is 10.9 Å². The molecule has 0 aliphatic carbocycles. The predicted octanol–water partition coefficient (Wildman–Crippen LogP) is 3.94. The van der Waals surface area contributed by atoms with Crippen molar-refractivity contribution < 1.29 is 13.6 Å². The second-order valence-corrected chi connectivity index (χ2v) is 11.1. The third-order valence-electron chi connectivity index (χ3n) is 5.44. The molecule has 0 atom stereocenters. The van der Waals surface area contributed by atoms with E-state index in [0.717, 1.165) is 18.9 Å². The molecule has 2 fully saturated rings. The van der Waals surface area contributed by atoms with Gasteiger partial charge in [-0.2, -0.15) is 0 Å². The summed E-state index contributed by atoms with van der Waals surface area (Å²) < 4.78 is 27.0. The predicted molar refractivity (Wildman–Crippen MR) is 95.0 cm³/mol. The van der Waals surface area contributed by atoms with Crippen LogP contribution in [0.2, 0.25) is 0 Å². The van der Waals surface area contributed by atoms with E-state index in [2.05, 4.69) is 10.3 Å². The number of hydrogen-bond donors (Lipinski definition) is 2. The van der Waals surface area contributed by atoms with Crippen LogP contribution in [-0.2, 0) is 0 Å². The second-order valence-electron chi connectivity index (χ2n) is 7.03. The lowest BCUT2D eigenvalue weighted by Gasteiger charge is -2.42. The topological polar surface area (TPSA) is 44.9 Å². The molecule has 130 valence electrons. The third-order valence-corrected chi connectivity index (χ3v) is 9.95. The van der Waals surface area contributed by atoms with Gasteiger partial charge in [-0.15, -0.1) is 0 Å². The number of amides is 1. The summed E-state index contributed by atoms with van der Waals surface area (Å²) in [6, 6.07) is 3.71. The Bertz CT molecular complexity index is 773. The molecule has 1 aromatic carbocycles. The van der Waals surface area contributed by atoms with E-state index in [1.807, 2.05) is 0 Å². The van der Waals surface area contributed by atoms with Crippen molar-refractivity contribution in [2.45, 2.75) is 31.7 Å². The normalized spacial score (nSPS) is 22.1. The standard InChI is InChI=1S/C18H22F2N2OS/c19-12-9-15(20)14-11-17(22-16(14)10-12)18(23)21-13-3-7-24(8-4-13)5-1-2-6-24/h9-11,13,22H,1-8H2,(H,21,23). The van der Waals surface area contributed by atoms with E-state index in [-0.39, 0.29) is 27.4 Å². The van der Waals surface area contributed by atoms with Crippen molar-refractivity contribution in [2.75, 3.05) is 23.0 Å². The maximum absolute atomic E-state index is 13.8. The van der Waals surface area contributed by atoms with Gasteiger partial charge in [-0.3, -0.25) is 4.79 Å². The van der Waals surface area contributed by atoms with Gasteiger partial charge in [0, 0.05) is 17.5 Å². The second kappa shape index (κ2) is 6.06. The van der Waals surface area contributed by atoms with E-state index in [0.29, 0.717) is 11.2 Å². The lowest BCUT2D eigenvalue weighted by atomic mass is 10.1. The molecule has 6 heteroatoms. The highest BCUT2D eigenvalue weighted by atomic mass is 32.3. The number of aromatic nitrogens is 1. The van der Waals surface area contributed by atoms with Crippen molar-refractivity contribution in [2.24, 2.45) is 0 Å². The smallest absolute Gasteiger partial charge is 0.267 e. The van der Waals surface area contributed by atoms with Gasteiger partial charge in [0.05, 0.1) is 5.52 Å². The minimum Gasteiger partial charge on any atom is -0.350 e. The summed E-state index contributed by atoms with van der Waals surface area (Å²) in [5.74, 6) is 3.85. The largest absolute Gasteiger partial charge is 0.350 e. The number of aromatic amines is 1. The summed E-state index contributed by atoms with van der Waals surface area (Å²) in [5, 5.41) is 3.31. The number of fused-ring (bicyclic) bond motifs is 1. The number of nitrogens with one attached hydrogen (secondary N) is 2. The highest BCUT2D eigenvalue weighted by Crippen LogP contribution is 2.57. The fourth-order valence-corrected chi connectivity index (χ4v) is 8.47. The van der Waals surface area contributed by atoms with Crippen molar-refractivity contribution in [1.82, 2.24) is 10.3 Å². The Morgan fingerprint density at radius 2 is 1.79 bits per heavy atom. The van der Waals surface area contributed by atoms with Crippen LogP contribution in [0.15, 0.2) is 18.2 Å². The maximum Gasteiger partial charge on any atom is 0.267 e. The van der Waals surface area contributed by atoms with E-state index in [9.17, 15) is 13.6 Å². The first-order valence-electron chi connectivity index (χ1n) is 8.57. The molecule has 0 radical (unpaired) electrons. The van der Waals surface area contributed by atoms with Gasteiger partial charge in [-0.05, 0) is 60.8 Å². The highest BCUT2D eigenvalue weighted by molar-refractivity contribution is 8.33. The minimum atomic E-state index is -0.648. The molecule has 0 bridgehead atoms. The molecule has 2 aliphatic rings. The van der Waals surface area contributed by atoms with Crippen LogP contribution < -0.4 is 5.32 Å². The van der Waals surface area contributed by atoms with Crippen LogP contribution >= 0.6 is 10.0 Å². The molecule has 3 heterocycles. The van der Waals surface area contributed by atoms with E-state index >= 15 is 0 Å². The van der Waals surface area contributed by atoms with Gasteiger partial charge in [-0.1, -0.05) is 0 Å².